The molecule has 0 spiro atoms. The summed E-state index contributed by atoms with van der Waals surface area (Å²) in [5, 5.41) is 12.4. The number of benzene rings is 1. The smallest absolute Gasteiger partial charge is 0.154 e. The minimum absolute atomic E-state index is 0.00144. The van der Waals surface area contributed by atoms with Crippen LogP contribution in [0.5, 0.6) is 5.75 Å². The fourth-order valence-corrected chi connectivity index (χ4v) is 2.74. The number of fused-ring (bicyclic) bond motifs is 1. The molecule has 1 heterocycles. The molecule has 1 aromatic carbocycles. The van der Waals surface area contributed by atoms with Crippen LogP contribution in [0.4, 0.5) is 0 Å². The number of hydrogen-bond acceptors (Lipinski definition) is 3. The molecule has 0 atom stereocenters. The minimum atomic E-state index is 0.00144. The summed E-state index contributed by atoms with van der Waals surface area (Å²) >= 11 is 7.28. The first-order chi connectivity index (χ1) is 6.77. The number of hydrogen-bond donors (Lipinski definition) is 1. The van der Waals surface area contributed by atoms with Gasteiger partial charge in [-0.15, -0.1) is 22.9 Å². The van der Waals surface area contributed by atoms with E-state index < -0.39 is 0 Å². The van der Waals surface area contributed by atoms with E-state index in [-0.39, 0.29) is 11.6 Å². The van der Waals surface area contributed by atoms with Crippen LogP contribution in [0.1, 0.15) is 15.9 Å². The maximum Gasteiger partial charge on any atom is 0.154 e. The molecule has 4 heteroatoms. The zero-order chi connectivity index (χ0) is 10.1. The van der Waals surface area contributed by atoms with E-state index in [2.05, 4.69) is 0 Å². The summed E-state index contributed by atoms with van der Waals surface area (Å²) in [7, 11) is 0. The average molecular weight is 227 g/mol. The van der Waals surface area contributed by atoms with Crippen LogP contribution in [0.25, 0.3) is 10.1 Å². The number of aromatic hydroxyl groups is 1. The fraction of sp³-hybridized carbons (Fsp3) is 0.100. The van der Waals surface area contributed by atoms with Gasteiger partial charge in [0, 0.05) is 10.6 Å². The molecule has 72 valence electrons. The molecule has 0 saturated carbocycles. The molecule has 2 rings (SSSR count). The lowest BCUT2D eigenvalue weighted by molar-refractivity contribution is 0.112. The molecule has 0 radical (unpaired) electrons. The van der Waals surface area contributed by atoms with Crippen LogP contribution in [0.2, 0.25) is 0 Å². The summed E-state index contributed by atoms with van der Waals surface area (Å²) < 4.78 is 0.972. The molecule has 0 aliphatic rings. The van der Waals surface area contributed by atoms with Crippen molar-refractivity contribution in [2.45, 2.75) is 5.88 Å². The zero-order valence-electron chi connectivity index (χ0n) is 7.16. The van der Waals surface area contributed by atoms with Crippen LogP contribution in [0.3, 0.4) is 0 Å². The summed E-state index contributed by atoms with van der Waals surface area (Å²) in [4.78, 5) is 10.8. The molecule has 0 fully saturated rings. The Bertz CT molecular complexity index is 490. The number of carbonyl (C=O) groups excluding carboxylic acids is 1. The summed E-state index contributed by atoms with van der Waals surface area (Å²) in [6, 6.07) is 3.48. The number of thiophene rings is 1. The molecule has 1 aromatic heterocycles. The lowest BCUT2D eigenvalue weighted by atomic mass is 10.1. The van der Waals surface area contributed by atoms with Gasteiger partial charge in [0.1, 0.15) is 5.75 Å². The van der Waals surface area contributed by atoms with E-state index in [1.54, 1.807) is 6.07 Å². The first-order valence-electron chi connectivity index (χ1n) is 4.01. The molecule has 0 unspecified atom stereocenters. The Balaban J connectivity index is 2.88. The van der Waals surface area contributed by atoms with Crippen molar-refractivity contribution in [1.82, 2.24) is 0 Å². The molecule has 14 heavy (non-hydrogen) atoms. The maximum atomic E-state index is 10.8. The lowest BCUT2D eigenvalue weighted by Crippen LogP contribution is -1.90. The van der Waals surface area contributed by atoms with Crippen LogP contribution in [-0.4, -0.2) is 11.4 Å². The molecular weight excluding hydrogens is 220 g/mol. The van der Waals surface area contributed by atoms with Gasteiger partial charge in [0.25, 0.3) is 0 Å². The number of phenols is 1. The topological polar surface area (TPSA) is 37.3 Å². The van der Waals surface area contributed by atoms with Crippen LogP contribution in [0, 0.1) is 0 Å². The Morgan fingerprint density at radius 3 is 3.00 bits per heavy atom. The normalized spacial score (nSPS) is 10.6. The molecule has 0 aliphatic heterocycles. The third-order valence-electron chi connectivity index (χ3n) is 2.11. The van der Waals surface area contributed by atoms with Crippen LogP contribution in [0.15, 0.2) is 17.5 Å². The van der Waals surface area contributed by atoms with E-state index in [0.29, 0.717) is 17.4 Å². The van der Waals surface area contributed by atoms with Gasteiger partial charge < -0.3 is 5.11 Å². The Hall–Kier alpha value is -1.06. The quantitative estimate of drug-likeness (QED) is 0.631. The zero-order valence-corrected chi connectivity index (χ0v) is 8.73. The van der Waals surface area contributed by atoms with Gasteiger partial charge in [0.2, 0.25) is 0 Å². The molecular formula is C10H7ClO2S. The lowest BCUT2D eigenvalue weighted by Gasteiger charge is -2.04. The largest absolute Gasteiger partial charge is 0.507 e. The second-order valence-electron chi connectivity index (χ2n) is 2.88. The van der Waals surface area contributed by atoms with Gasteiger partial charge in [0.05, 0.1) is 5.56 Å². The number of phenolic OH excluding ortho intramolecular Hbond substituents is 1. The van der Waals surface area contributed by atoms with Gasteiger partial charge in [-0.3, -0.25) is 4.79 Å². The number of alkyl halides is 1. The molecule has 0 bridgehead atoms. The summed E-state index contributed by atoms with van der Waals surface area (Å²) in [5.74, 6) is 0.237. The second-order valence-corrected chi connectivity index (χ2v) is 4.06. The Morgan fingerprint density at radius 1 is 1.57 bits per heavy atom. The fourth-order valence-electron chi connectivity index (χ4n) is 1.44. The highest BCUT2D eigenvalue weighted by atomic mass is 35.5. The maximum absolute atomic E-state index is 10.8. The monoisotopic (exact) mass is 226 g/mol. The molecule has 0 amide bonds. The van der Waals surface area contributed by atoms with E-state index >= 15 is 0 Å². The Labute approximate surface area is 89.7 Å². The summed E-state index contributed by atoms with van der Waals surface area (Å²) in [6.45, 7) is 0. The summed E-state index contributed by atoms with van der Waals surface area (Å²) in [6.07, 6.45) is 0.645. The SMILES string of the molecule is O=Cc1c(O)cc2ccsc2c1CCl. The highest BCUT2D eigenvalue weighted by Gasteiger charge is 2.12. The van der Waals surface area contributed by atoms with Crippen LogP contribution in [-0.2, 0) is 5.88 Å². The van der Waals surface area contributed by atoms with Gasteiger partial charge in [0.15, 0.2) is 6.29 Å². The minimum Gasteiger partial charge on any atom is -0.507 e. The molecule has 0 aliphatic carbocycles. The van der Waals surface area contributed by atoms with Gasteiger partial charge in [-0.2, -0.15) is 0 Å². The van der Waals surface area contributed by atoms with Crippen LogP contribution < -0.4 is 0 Å². The Kier molecular flexibility index (Phi) is 2.44. The van der Waals surface area contributed by atoms with Gasteiger partial charge in [-0.25, -0.2) is 0 Å². The third kappa shape index (κ3) is 1.29. The van der Waals surface area contributed by atoms with Gasteiger partial charge in [-0.05, 0) is 28.5 Å². The number of aldehydes is 1. The van der Waals surface area contributed by atoms with E-state index in [4.69, 9.17) is 11.6 Å². The highest BCUT2D eigenvalue weighted by molar-refractivity contribution is 7.17. The molecule has 1 N–H and O–H groups in total. The van der Waals surface area contributed by atoms with Crippen molar-refractivity contribution in [3.05, 3.63) is 28.6 Å². The van der Waals surface area contributed by atoms with E-state index in [1.807, 2.05) is 11.4 Å². The highest BCUT2D eigenvalue weighted by Crippen LogP contribution is 2.33. The van der Waals surface area contributed by atoms with Gasteiger partial charge >= 0.3 is 0 Å². The van der Waals surface area contributed by atoms with Crippen molar-refractivity contribution < 1.29 is 9.90 Å². The van der Waals surface area contributed by atoms with Crippen molar-refractivity contribution in [2.24, 2.45) is 0 Å². The van der Waals surface area contributed by atoms with E-state index in [0.717, 1.165) is 10.1 Å². The second kappa shape index (κ2) is 3.59. The molecule has 0 saturated heterocycles. The van der Waals surface area contributed by atoms with Crippen molar-refractivity contribution in [3.63, 3.8) is 0 Å². The molecule has 2 aromatic rings. The standard InChI is InChI=1S/C10H7ClO2S/c11-4-7-8(5-12)9(13)3-6-1-2-14-10(6)7/h1-3,5,13H,4H2. The summed E-state index contributed by atoms with van der Waals surface area (Å²) in [5.41, 5.74) is 1.02. The predicted octanol–water partition coefficient (Wildman–Crippen LogP) is 3.16. The van der Waals surface area contributed by atoms with Crippen molar-refractivity contribution in [1.29, 1.82) is 0 Å². The van der Waals surface area contributed by atoms with E-state index in [1.165, 1.54) is 11.3 Å². The van der Waals surface area contributed by atoms with Crippen LogP contribution >= 0.6 is 22.9 Å². The number of rotatable bonds is 2. The molecule has 2 nitrogen and oxygen atoms in total. The first kappa shape index (κ1) is 9.49. The number of carbonyl (C=O) groups is 1. The predicted molar refractivity (Wildman–Crippen MR) is 58.4 cm³/mol. The Morgan fingerprint density at radius 2 is 2.36 bits per heavy atom. The van der Waals surface area contributed by atoms with Crippen molar-refractivity contribution in [2.75, 3.05) is 0 Å². The first-order valence-corrected chi connectivity index (χ1v) is 5.42. The average Bonchev–Trinajstić information content (AvgIpc) is 2.62. The van der Waals surface area contributed by atoms with Crippen molar-refractivity contribution >= 4 is 39.3 Å². The number of halogens is 1. The third-order valence-corrected chi connectivity index (χ3v) is 3.37. The van der Waals surface area contributed by atoms with E-state index in [9.17, 15) is 9.90 Å². The van der Waals surface area contributed by atoms with Crippen molar-refractivity contribution in [3.8, 4) is 5.75 Å². The van der Waals surface area contributed by atoms with Gasteiger partial charge in [-0.1, -0.05) is 0 Å².